The van der Waals surface area contributed by atoms with E-state index < -0.39 is 4.92 Å². The molecule has 3 rings (SSSR count). The van der Waals surface area contributed by atoms with Crippen LogP contribution in [-0.4, -0.2) is 10.8 Å². The average Bonchev–Trinajstić information content (AvgIpc) is 2.56. The molecule has 1 amide bonds. The third-order valence-electron chi connectivity index (χ3n) is 4.29. The second kappa shape index (κ2) is 6.20. The fraction of sp³-hybridized carbons (Fsp3) is 0.278. The van der Waals surface area contributed by atoms with Crippen LogP contribution in [0.15, 0.2) is 36.4 Å². The molecule has 1 aliphatic rings. The quantitative estimate of drug-likeness (QED) is 0.687. The standard InChI is InChI=1S/C18H18N2O3/c1-12-6-9-16(20(22)23)11-17(12)19-18(21)15-8-7-13-4-2-3-5-14(13)10-15/h6-11H,2-5H2,1H3,(H,19,21). The zero-order valence-corrected chi connectivity index (χ0v) is 13.0. The number of carbonyl (C=O) groups excluding carboxylic acids is 1. The van der Waals surface area contributed by atoms with E-state index in [4.69, 9.17) is 0 Å². The number of fused-ring (bicyclic) bond motifs is 1. The average molecular weight is 310 g/mol. The highest BCUT2D eigenvalue weighted by Crippen LogP contribution is 2.25. The molecule has 0 spiro atoms. The van der Waals surface area contributed by atoms with E-state index in [2.05, 4.69) is 5.32 Å². The minimum absolute atomic E-state index is 0.0312. The first-order chi connectivity index (χ1) is 11.0. The predicted octanol–water partition coefficient (Wildman–Crippen LogP) is 4.03. The van der Waals surface area contributed by atoms with Gasteiger partial charge in [0.2, 0.25) is 0 Å². The minimum Gasteiger partial charge on any atom is -0.321 e. The molecule has 118 valence electrons. The Hall–Kier alpha value is -2.69. The van der Waals surface area contributed by atoms with Crippen LogP contribution in [0.4, 0.5) is 11.4 Å². The van der Waals surface area contributed by atoms with Gasteiger partial charge in [0.05, 0.1) is 10.6 Å². The molecule has 5 heteroatoms. The number of hydrogen-bond donors (Lipinski definition) is 1. The second-order valence-electron chi connectivity index (χ2n) is 5.90. The summed E-state index contributed by atoms with van der Waals surface area (Å²) in [6.45, 7) is 1.81. The Bertz CT molecular complexity index is 784. The Morgan fingerprint density at radius 3 is 2.57 bits per heavy atom. The first-order valence-electron chi connectivity index (χ1n) is 7.73. The lowest BCUT2D eigenvalue weighted by molar-refractivity contribution is -0.384. The van der Waals surface area contributed by atoms with Crippen LogP contribution in [0.5, 0.6) is 0 Å². The molecule has 0 aromatic heterocycles. The van der Waals surface area contributed by atoms with Crippen LogP contribution < -0.4 is 5.32 Å². The third kappa shape index (κ3) is 3.23. The number of benzene rings is 2. The summed E-state index contributed by atoms with van der Waals surface area (Å²) in [6.07, 6.45) is 4.43. The fourth-order valence-electron chi connectivity index (χ4n) is 2.93. The number of nitro groups is 1. The molecule has 0 saturated carbocycles. The summed E-state index contributed by atoms with van der Waals surface area (Å²) in [5.41, 5.74) is 4.38. The second-order valence-corrected chi connectivity index (χ2v) is 5.90. The van der Waals surface area contributed by atoms with Gasteiger partial charge in [-0.2, -0.15) is 0 Å². The molecule has 0 fully saturated rings. The van der Waals surface area contributed by atoms with Crippen molar-refractivity contribution in [3.05, 3.63) is 68.8 Å². The smallest absolute Gasteiger partial charge is 0.271 e. The van der Waals surface area contributed by atoms with Crippen LogP contribution in [0.1, 0.15) is 39.9 Å². The van der Waals surface area contributed by atoms with E-state index in [0.717, 1.165) is 24.8 Å². The van der Waals surface area contributed by atoms with Gasteiger partial charge in [0.25, 0.3) is 11.6 Å². The van der Waals surface area contributed by atoms with E-state index in [1.54, 1.807) is 6.07 Å². The maximum atomic E-state index is 12.5. The van der Waals surface area contributed by atoms with Gasteiger partial charge in [-0.25, -0.2) is 0 Å². The lowest BCUT2D eigenvalue weighted by Crippen LogP contribution is -2.14. The monoisotopic (exact) mass is 310 g/mol. The number of rotatable bonds is 3. The maximum absolute atomic E-state index is 12.5. The fourth-order valence-corrected chi connectivity index (χ4v) is 2.93. The Morgan fingerprint density at radius 1 is 1.09 bits per heavy atom. The van der Waals surface area contributed by atoms with E-state index in [-0.39, 0.29) is 11.6 Å². The summed E-state index contributed by atoms with van der Waals surface area (Å²) in [5, 5.41) is 13.7. The van der Waals surface area contributed by atoms with Crippen molar-refractivity contribution in [3.8, 4) is 0 Å². The molecule has 0 radical (unpaired) electrons. The van der Waals surface area contributed by atoms with Gasteiger partial charge in [-0.3, -0.25) is 14.9 Å². The van der Waals surface area contributed by atoms with Crippen molar-refractivity contribution >= 4 is 17.3 Å². The number of nitrogens with zero attached hydrogens (tertiary/aromatic N) is 1. The van der Waals surface area contributed by atoms with Crippen LogP contribution in [0.2, 0.25) is 0 Å². The SMILES string of the molecule is Cc1ccc([N+](=O)[O-])cc1NC(=O)c1ccc2c(c1)CCCC2. The largest absolute Gasteiger partial charge is 0.321 e. The summed E-state index contributed by atoms with van der Waals surface area (Å²) < 4.78 is 0. The Balaban J connectivity index is 1.84. The number of hydrogen-bond acceptors (Lipinski definition) is 3. The number of carbonyl (C=O) groups is 1. The normalized spacial score (nSPS) is 13.3. The van der Waals surface area contributed by atoms with Crippen molar-refractivity contribution in [2.75, 3.05) is 5.32 Å². The highest BCUT2D eigenvalue weighted by molar-refractivity contribution is 6.05. The minimum atomic E-state index is -0.464. The molecular weight excluding hydrogens is 292 g/mol. The van der Waals surface area contributed by atoms with Crippen molar-refractivity contribution in [1.82, 2.24) is 0 Å². The van der Waals surface area contributed by atoms with Gasteiger partial charge in [-0.15, -0.1) is 0 Å². The maximum Gasteiger partial charge on any atom is 0.271 e. The van der Waals surface area contributed by atoms with Crippen molar-refractivity contribution < 1.29 is 9.72 Å². The molecule has 5 nitrogen and oxygen atoms in total. The molecule has 2 aromatic carbocycles. The molecule has 2 aromatic rings. The van der Waals surface area contributed by atoms with Crippen molar-refractivity contribution in [2.24, 2.45) is 0 Å². The number of anilines is 1. The Morgan fingerprint density at radius 2 is 1.83 bits per heavy atom. The van der Waals surface area contributed by atoms with Crippen LogP contribution in [-0.2, 0) is 12.8 Å². The summed E-state index contributed by atoms with van der Waals surface area (Å²) in [6, 6.07) is 10.3. The molecule has 0 bridgehead atoms. The molecule has 0 aliphatic heterocycles. The number of nitrogens with one attached hydrogen (secondary N) is 1. The lowest BCUT2D eigenvalue weighted by atomic mass is 9.90. The third-order valence-corrected chi connectivity index (χ3v) is 4.29. The predicted molar refractivity (Wildman–Crippen MR) is 88.9 cm³/mol. The Labute approximate surface area is 134 Å². The molecule has 23 heavy (non-hydrogen) atoms. The number of non-ortho nitro benzene ring substituents is 1. The number of aryl methyl sites for hydroxylation is 3. The van der Waals surface area contributed by atoms with E-state index in [0.29, 0.717) is 11.3 Å². The van der Waals surface area contributed by atoms with Crippen LogP contribution in [0.3, 0.4) is 0 Å². The van der Waals surface area contributed by atoms with E-state index >= 15 is 0 Å². The summed E-state index contributed by atoms with van der Waals surface area (Å²) in [5.74, 6) is -0.234. The van der Waals surface area contributed by atoms with Crippen molar-refractivity contribution in [1.29, 1.82) is 0 Å². The number of nitro benzene ring substituents is 1. The summed E-state index contributed by atoms with van der Waals surface area (Å²) in [7, 11) is 0. The zero-order valence-electron chi connectivity index (χ0n) is 13.0. The molecule has 0 saturated heterocycles. The molecule has 0 atom stereocenters. The van der Waals surface area contributed by atoms with Crippen molar-refractivity contribution in [2.45, 2.75) is 32.6 Å². The molecule has 0 unspecified atom stereocenters. The molecule has 1 N–H and O–H groups in total. The van der Waals surface area contributed by atoms with E-state index in [1.165, 1.54) is 29.7 Å². The lowest BCUT2D eigenvalue weighted by Gasteiger charge is -2.16. The van der Waals surface area contributed by atoms with Gasteiger partial charge < -0.3 is 5.32 Å². The van der Waals surface area contributed by atoms with Gasteiger partial charge in [0.1, 0.15) is 0 Å². The van der Waals surface area contributed by atoms with Gasteiger partial charge in [0, 0.05) is 17.7 Å². The first-order valence-corrected chi connectivity index (χ1v) is 7.73. The highest BCUT2D eigenvalue weighted by atomic mass is 16.6. The topological polar surface area (TPSA) is 72.2 Å². The van der Waals surface area contributed by atoms with Gasteiger partial charge in [-0.05, 0) is 61.4 Å². The highest BCUT2D eigenvalue weighted by Gasteiger charge is 2.15. The van der Waals surface area contributed by atoms with Crippen LogP contribution in [0, 0.1) is 17.0 Å². The molecular formula is C18H18N2O3. The zero-order chi connectivity index (χ0) is 16.4. The first kappa shape index (κ1) is 15.2. The molecule has 1 aliphatic carbocycles. The Kier molecular flexibility index (Phi) is 4.10. The van der Waals surface area contributed by atoms with Gasteiger partial charge >= 0.3 is 0 Å². The number of amides is 1. The van der Waals surface area contributed by atoms with Gasteiger partial charge in [-0.1, -0.05) is 12.1 Å². The molecule has 0 heterocycles. The van der Waals surface area contributed by atoms with Gasteiger partial charge in [0.15, 0.2) is 0 Å². The van der Waals surface area contributed by atoms with E-state index in [1.807, 2.05) is 25.1 Å². The van der Waals surface area contributed by atoms with Crippen LogP contribution >= 0.6 is 0 Å². The van der Waals surface area contributed by atoms with Crippen molar-refractivity contribution in [3.63, 3.8) is 0 Å². The summed E-state index contributed by atoms with van der Waals surface area (Å²) >= 11 is 0. The van der Waals surface area contributed by atoms with Crippen LogP contribution in [0.25, 0.3) is 0 Å². The van der Waals surface area contributed by atoms with E-state index in [9.17, 15) is 14.9 Å². The summed E-state index contributed by atoms with van der Waals surface area (Å²) in [4.78, 5) is 22.9.